The third-order valence-electron chi connectivity index (χ3n) is 4.91. The third kappa shape index (κ3) is 3.24. The molecule has 2 aromatic heterocycles. The average molecular weight is 397 g/mol. The summed E-state index contributed by atoms with van der Waals surface area (Å²) in [6.07, 6.45) is 4.44. The van der Waals surface area contributed by atoms with E-state index in [-0.39, 0.29) is 12.0 Å². The van der Waals surface area contributed by atoms with Crippen molar-refractivity contribution < 1.29 is 9.53 Å². The number of fused-ring (bicyclic) bond motifs is 2. The number of esters is 1. The van der Waals surface area contributed by atoms with Gasteiger partial charge >= 0.3 is 5.97 Å². The minimum Gasteiger partial charge on any atom is -0.465 e. The van der Waals surface area contributed by atoms with E-state index in [0.717, 1.165) is 33.8 Å². The van der Waals surface area contributed by atoms with Crippen LogP contribution in [0.4, 0.5) is 0 Å². The highest BCUT2D eigenvalue weighted by molar-refractivity contribution is 6.31. The molecule has 0 aliphatic heterocycles. The Hall–Kier alpha value is -2.86. The Morgan fingerprint density at radius 2 is 2.04 bits per heavy atom. The van der Waals surface area contributed by atoms with E-state index in [9.17, 15) is 4.79 Å². The number of hydrogen-bond donors (Lipinski definition) is 1. The van der Waals surface area contributed by atoms with Gasteiger partial charge < -0.3 is 4.74 Å². The van der Waals surface area contributed by atoms with Crippen LogP contribution in [-0.2, 0) is 4.74 Å². The van der Waals surface area contributed by atoms with Gasteiger partial charge in [0.15, 0.2) is 0 Å². The Balaban J connectivity index is 1.88. The van der Waals surface area contributed by atoms with Crippen LogP contribution in [0.3, 0.4) is 0 Å². The number of nitrogens with one attached hydrogen (secondary N) is 1. The molecule has 7 heteroatoms. The molecule has 6 nitrogen and oxygen atoms in total. The van der Waals surface area contributed by atoms with Gasteiger partial charge in [0.2, 0.25) is 0 Å². The van der Waals surface area contributed by atoms with Crippen LogP contribution in [0.25, 0.3) is 21.8 Å². The molecule has 4 aromatic rings. The van der Waals surface area contributed by atoms with Crippen molar-refractivity contribution in [3.63, 3.8) is 0 Å². The van der Waals surface area contributed by atoms with Crippen LogP contribution in [-0.4, -0.2) is 33.1 Å². The van der Waals surface area contributed by atoms with Gasteiger partial charge in [-0.2, -0.15) is 10.2 Å². The standard InChI is InChI=1S/C21H21ClN4O2/c1-12(2)6-19(17-9-16(22)8-15-10-23-25-20(15)17)26-18-5-4-13(21(27)28-3)7-14(18)11-24-26/h4-5,7-12,19H,6H2,1-3H3,(H,23,25). The first-order valence-electron chi connectivity index (χ1n) is 9.16. The van der Waals surface area contributed by atoms with E-state index in [1.807, 2.05) is 22.9 Å². The van der Waals surface area contributed by atoms with Crippen LogP contribution in [0.5, 0.6) is 0 Å². The minimum atomic E-state index is -0.359. The van der Waals surface area contributed by atoms with Crippen molar-refractivity contribution in [1.29, 1.82) is 0 Å². The van der Waals surface area contributed by atoms with Crippen molar-refractivity contribution in [3.05, 3.63) is 58.9 Å². The van der Waals surface area contributed by atoms with E-state index in [1.54, 1.807) is 24.5 Å². The van der Waals surface area contributed by atoms with Crippen LogP contribution in [0.15, 0.2) is 42.7 Å². The van der Waals surface area contributed by atoms with Gasteiger partial charge in [-0.3, -0.25) is 9.78 Å². The number of nitrogens with zero attached hydrogens (tertiary/aromatic N) is 3. The summed E-state index contributed by atoms with van der Waals surface area (Å²) in [5, 5.41) is 14.5. The fraction of sp³-hybridized carbons (Fsp3) is 0.286. The second-order valence-corrected chi connectivity index (χ2v) is 7.77. The SMILES string of the molecule is COC(=O)c1ccc2c(cnn2C(CC(C)C)c2cc(Cl)cc3cn[nH]c23)c1. The van der Waals surface area contributed by atoms with E-state index >= 15 is 0 Å². The highest BCUT2D eigenvalue weighted by Gasteiger charge is 2.22. The second-order valence-electron chi connectivity index (χ2n) is 7.33. The van der Waals surface area contributed by atoms with Crippen LogP contribution in [0, 0.1) is 5.92 Å². The Bertz CT molecular complexity index is 1160. The molecule has 144 valence electrons. The van der Waals surface area contributed by atoms with Crippen LogP contribution < -0.4 is 0 Å². The van der Waals surface area contributed by atoms with Crippen molar-refractivity contribution in [2.75, 3.05) is 7.11 Å². The van der Waals surface area contributed by atoms with E-state index < -0.39 is 0 Å². The molecule has 0 spiro atoms. The fourth-order valence-corrected chi connectivity index (χ4v) is 3.90. The Morgan fingerprint density at radius 3 is 2.79 bits per heavy atom. The molecule has 0 radical (unpaired) electrons. The number of benzene rings is 2. The number of halogens is 1. The van der Waals surface area contributed by atoms with Gasteiger partial charge in [-0.1, -0.05) is 25.4 Å². The molecule has 1 N–H and O–H groups in total. The number of ether oxygens (including phenoxy) is 1. The monoisotopic (exact) mass is 396 g/mol. The summed E-state index contributed by atoms with van der Waals surface area (Å²) in [6.45, 7) is 4.37. The quantitative estimate of drug-likeness (QED) is 0.482. The molecule has 0 aliphatic rings. The van der Waals surface area contributed by atoms with E-state index in [0.29, 0.717) is 16.5 Å². The summed E-state index contributed by atoms with van der Waals surface area (Å²) in [4.78, 5) is 11.8. The topological polar surface area (TPSA) is 72.8 Å². The molecule has 1 unspecified atom stereocenters. The Morgan fingerprint density at radius 1 is 1.21 bits per heavy atom. The second kappa shape index (κ2) is 7.28. The van der Waals surface area contributed by atoms with E-state index in [4.69, 9.17) is 16.3 Å². The Labute approximate surface area is 167 Å². The van der Waals surface area contributed by atoms with Crippen molar-refractivity contribution in [3.8, 4) is 0 Å². The number of aromatic nitrogens is 4. The maximum Gasteiger partial charge on any atom is 0.337 e. The first-order chi connectivity index (χ1) is 13.5. The minimum absolute atomic E-state index is 0.0249. The molecular formula is C21H21ClN4O2. The largest absolute Gasteiger partial charge is 0.465 e. The lowest BCUT2D eigenvalue weighted by atomic mass is 9.95. The van der Waals surface area contributed by atoms with Gasteiger partial charge in [-0.25, -0.2) is 4.79 Å². The van der Waals surface area contributed by atoms with Crippen molar-refractivity contribution in [1.82, 2.24) is 20.0 Å². The lowest BCUT2D eigenvalue weighted by molar-refractivity contribution is 0.0601. The predicted octanol–water partition coefficient (Wildman–Crippen LogP) is 4.99. The molecular weight excluding hydrogens is 376 g/mol. The molecule has 0 fully saturated rings. The van der Waals surface area contributed by atoms with Crippen LogP contribution >= 0.6 is 11.6 Å². The number of methoxy groups -OCH3 is 1. The lowest BCUT2D eigenvalue weighted by Gasteiger charge is -2.22. The zero-order chi connectivity index (χ0) is 19.8. The Kier molecular flexibility index (Phi) is 4.81. The molecule has 2 heterocycles. The summed E-state index contributed by atoms with van der Waals surface area (Å²) in [6, 6.07) is 9.34. The number of rotatable bonds is 5. The summed E-state index contributed by atoms with van der Waals surface area (Å²) in [5.74, 6) is 0.0814. The molecule has 2 aromatic carbocycles. The fourth-order valence-electron chi connectivity index (χ4n) is 3.66. The van der Waals surface area contributed by atoms with Crippen LogP contribution in [0.1, 0.15) is 42.2 Å². The highest BCUT2D eigenvalue weighted by atomic mass is 35.5. The zero-order valence-corrected chi connectivity index (χ0v) is 16.7. The van der Waals surface area contributed by atoms with E-state index in [1.165, 1.54) is 7.11 Å². The highest BCUT2D eigenvalue weighted by Crippen LogP contribution is 2.34. The third-order valence-corrected chi connectivity index (χ3v) is 5.13. The lowest BCUT2D eigenvalue weighted by Crippen LogP contribution is -2.15. The van der Waals surface area contributed by atoms with Crippen molar-refractivity contribution in [2.45, 2.75) is 26.3 Å². The van der Waals surface area contributed by atoms with Crippen molar-refractivity contribution in [2.24, 2.45) is 5.92 Å². The normalized spacial score (nSPS) is 12.8. The van der Waals surface area contributed by atoms with Gasteiger partial charge in [-0.05, 0) is 42.7 Å². The first-order valence-corrected chi connectivity index (χ1v) is 9.54. The number of aromatic amines is 1. The van der Waals surface area contributed by atoms with Crippen LogP contribution in [0.2, 0.25) is 5.02 Å². The zero-order valence-electron chi connectivity index (χ0n) is 15.9. The number of carbonyl (C=O) groups is 1. The summed E-state index contributed by atoms with van der Waals surface area (Å²) in [5.41, 5.74) is 3.47. The van der Waals surface area contributed by atoms with Gasteiger partial charge in [0.25, 0.3) is 0 Å². The van der Waals surface area contributed by atoms with Crippen molar-refractivity contribution >= 4 is 39.4 Å². The maximum absolute atomic E-state index is 11.8. The summed E-state index contributed by atoms with van der Waals surface area (Å²) < 4.78 is 6.82. The number of hydrogen-bond acceptors (Lipinski definition) is 4. The first kappa shape index (κ1) is 18.5. The predicted molar refractivity (Wildman–Crippen MR) is 110 cm³/mol. The molecule has 0 aliphatic carbocycles. The molecule has 28 heavy (non-hydrogen) atoms. The molecule has 0 saturated carbocycles. The molecule has 0 bridgehead atoms. The molecule has 1 atom stereocenters. The van der Waals surface area contributed by atoms with Gasteiger partial charge in [-0.15, -0.1) is 0 Å². The van der Waals surface area contributed by atoms with Gasteiger partial charge in [0, 0.05) is 21.4 Å². The molecule has 4 rings (SSSR count). The smallest absolute Gasteiger partial charge is 0.337 e. The maximum atomic E-state index is 11.8. The summed E-state index contributed by atoms with van der Waals surface area (Å²) in [7, 11) is 1.38. The number of H-pyrrole nitrogens is 1. The van der Waals surface area contributed by atoms with Gasteiger partial charge in [0.05, 0.1) is 42.1 Å². The molecule has 0 amide bonds. The van der Waals surface area contributed by atoms with E-state index in [2.05, 4.69) is 29.1 Å². The number of carbonyl (C=O) groups excluding carboxylic acids is 1. The average Bonchev–Trinajstić information content (AvgIpc) is 3.30. The molecule has 0 saturated heterocycles. The van der Waals surface area contributed by atoms with Gasteiger partial charge in [0.1, 0.15) is 0 Å². The summed E-state index contributed by atoms with van der Waals surface area (Å²) >= 11 is 6.39.